The van der Waals surface area contributed by atoms with Gasteiger partial charge in [0.1, 0.15) is 5.56 Å². The number of carbonyl (C=O) groups excluding carboxylic acids is 1. The molecule has 0 bridgehead atoms. The van der Waals surface area contributed by atoms with Crippen molar-refractivity contribution in [1.29, 1.82) is 0 Å². The van der Waals surface area contributed by atoms with E-state index >= 15 is 0 Å². The number of aromatic nitrogens is 3. The fourth-order valence-electron chi connectivity index (χ4n) is 1.27. The molecule has 0 aliphatic heterocycles. The summed E-state index contributed by atoms with van der Waals surface area (Å²) < 4.78 is 5.79. The summed E-state index contributed by atoms with van der Waals surface area (Å²) in [6.07, 6.45) is 1.30. The van der Waals surface area contributed by atoms with Crippen LogP contribution in [0.5, 0.6) is 5.88 Å². The van der Waals surface area contributed by atoms with Crippen LogP contribution in [0.3, 0.4) is 0 Å². The van der Waals surface area contributed by atoms with E-state index in [0.29, 0.717) is 5.52 Å². The predicted molar refractivity (Wildman–Crippen MR) is 50.4 cm³/mol. The molecule has 2 aromatic heterocycles. The maximum absolute atomic E-state index is 11.3. The van der Waals surface area contributed by atoms with Crippen molar-refractivity contribution in [2.75, 3.05) is 12.8 Å². The molecule has 0 aromatic carbocycles. The van der Waals surface area contributed by atoms with E-state index in [1.807, 2.05) is 0 Å². The fourth-order valence-corrected chi connectivity index (χ4v) is 1.27. The molecular weight excluding hydrogens is 200 g/mol. The number of anilines is 1. The first-order chi connectivity index (χ1) is 7.13. The summed E-state index contributed by atoms with van der Waals surface area (Å²) in [7, 11) is 1.26. The molecule has 0 aliphatic rings. The molecule has 0 saturated heterocycles. The Bertz CT molecular complexity index is 534. The standard InChI is InChI=1S/C8H8N4O3/c1-15-7(14)4-3-10-12-5(4)2-6(13)11-8(12)9/h2-3,13H,1H3,(H2,9,11). The second kappa shape index (κ2) is 3.12. The molecular formula is C8H8N4O3. The Morgan fingerprint density at radius 2 is 2.40 bits per heavy atom. The molecule has 0 atom stereocenters. The molecule has 2 rings (SSSR count). The van der Waals surface area contributed by atoms with Crippen molar-refractivity contribution in [2.45, 2.75) is 0 Å². The molecule has 7 nitrogen and oxygen atoms in total. The maximum Gasteiger partial charge on any atom is 0.341 e. The Kier molecular flexibility index (Phi) is 1.93. The topological polar surface area (TPSA) is 103 Å². The van der Waals surface area contributed by atoms with Gasteiger partial charge in [-0.2, -0.15) is 14.6 Å². The largest absolute Gasteiger partial charge is 0.493 e. The van der Waals surface area contributed by atoms with E-state index in [9.17, 15) is 9.90 Å². The lowest BCUT2D eigenvalue weighted by atomic mass is 10.3. The summed E-state index contributed by atoms with van der Waals surface area (Å²) >= 11 is 0. The number of methoxy groups -OCH3 is 1. The van der Waals surface area contributed by atoms with Crippen molar-refractivity contribution in [2.24, 2.45) is 0 Å². The molecule has 0 spiro atoms. The summed E-state index contributed by atoms with van der Waals surface area (Å²) in [6.45, 7) is 0. The van der Waals surface area contributed by atoms with Crippen LogP contribution < -0.4 is 5.73 Å². The lowest BCUT2D eigenvalue weighted by Gasteiger charge is -2.00. The summed E-state index contributed by atoms with van der Waals surface area (Å²) in [5.41, 5.74) is 6.07. The number of fused-ring (bicyclic) bond motifs is 1. The van der Waals surface area contributed by atoms with E-state index in [4.69, 9.17) is 5.73 Å². The average Bonchev–Trinajstić information content (AvgIpc) is 2.60. The van der Waals surface area contributed by atoms with Crippen LogP contribution in [0.25, 0.3) is 5.52 Å². The van der Waals surface area contributed by atoms with Gasteiger partial charge in [0.05, 0.1) is 18.8 Å². The highest BCUT2D eigenvalue weighted by Crippen LogP contribution is 2.18. The van der Waals surface area contributed by atoms with Crippen LogP contribution in [0.2, 0.25) is 0 Å². The van der Waals surface area contributed by atoms with Crippen LogP contribution in [-0.4, -0.2) is 32.8 Å². The summed E-state index contributed by atoms with van der Waals surface area (Å²) in [5, 5.41) is 13.1. The molecule has 15 heavy (non-hydrogen) atoms. The first-order valence-electron chi connectivity index (χ1n) is 4.05. The van der Waals surface area contributed by atoms with Gasteiger partial charge in [-0.25, -0.2) is 4.79 Å². The van der Waals surface area contributed by atoms with Gasteiger partial charge in [-0.3, -0.25) is 0 Å². The highest BCUT2D eigenvalue weighted by Gasteiger charge is 2.15. The molecule has 78 valence electrons. The van der Waals surface area contributed by atoms with Crippen molar-refractivity contribution in [1.82, 2.24) is 14.6 Å². The second-order valence-corrected chi connectivity index (χ2v) is 2.82. The number of ether oxygens (including phenoxy) is 1. The van der Waals surface area contributed by atoms with E-state index in [-0.39, 0.29) is 17.4 Å². The van der Waals surface area contributed by atoms with Gasteiger partial charge in [-0.05, 0) is 0 Å². The van der Waals surface area contributed by atoms with E-state index in [2.05, 4.69) is 14.8 Å². The molecule has 0 amide bonds. The van der Waals surface area contributed by atoms with Crippen molar-refractivity contribution < 1.29 is 14.6 Å². The molecule has 0 aliphatic carbocycles. The monoisotopic (exact) mass is 208 g/mol. The lowest BCUT2D eigenvalue weighted by molar-refractivity contribution is 0.0603. The highest BCUT2D eigenvalue weighted by atomic mass is 16.5. The average molecular weight is 208 g/mol. The van der Waals surface area contributed by atoms with Crippen LogP contribution in [0.15, 0.2) is 12.3 Å². The minimum atomic E-state index is -0.546. The summed E-state index contributed by atoms with van der Waals surface area (Å²) in [6, 6.07) is 1.29. The second-order valence-electron chi connectivity index (χ2n) is 2.82. The van der Waals surface area contributed by atoms with E-state index in [1.165, 1.54) is 23.9 Å². The van der Waals surface area contributed by atoms with Crippen molar-refractivity contribution in [3.63, 3.8) is 0 Å². The molecule has 0 radical (unpaired) electrons. The van der Waals surface area contributed by atoms with E-state index in [0.717, 1.165) is 0 Å². The smallest absolute Gasteiger partial charge is 0.341 e. The molecule has 7 heteroatoms. The Labute approximate surface area is 84.1 Å². The SMILES string of the molecule is COC(=O)c1cnn2c(N)nc(O)cc12. The van der Waals surface area contributed by atoms with Gasteiger partial charge < -0.3 is 15.6 Å². The zero-order valence-corrected chi connectivity index (χ0v) is 7.84. The first kappa shape index (κ1) is 9.25. The Morgan fingerprint density at radius 3 is 3.07 bits per heavy atom. The number of carbonyl (C=O) groups is 1. The number of nitrogens with two attached hydrogens (primary N) is 1. The summed E-state index contributed by atoms with van der Waals surface area (Å²) in [4.78, 5) is 14.9. The maximum atomic E-state index is 11.3. The number of hydrogen-bond donors (Lipinski definition) is 2. The number of rotatable bonds is 1. The van der Waals surface area contributed by atoms with Crippen molar-refractivity contribution >= 4 is 17.4 Å². The molecule has 0 saturated carbocycles. The minimum Gasteiger partial charge on any atom is -0.493 e. The molecule has 0 fully saturated rings. The summed E-state index contributed by atoms with van der Waals surface area (Å²) in [5.74, 6) is -0.819. The van der Waals surface area contributed by atoms with Crippen molar-refractivity contribution in [3.05, 3.63) is 17.8 Å². The van der Waals surface area contributed by atoms with Crippen LogP contribution in [0.4, 0.5) is 5.95 Å². The Morgan fingerprint density at radius 1 is 1.67 bits per heavy atom. The van der Waals surface area contributed by atoms with Gasteiger partial charge in [0, 0.05) is 6.07 Å². The lowest BCUT2D eigenvalue weighted by Crippen LogP contribution is -2.03. The number of hydrogen-bond acceptors (Lipinski definition) is 6. The number of nitrogens with zero attached hydrogens (tertiary/aromatic N) is 3. The van der Waals surface area contributed by atoms with Crippen molar-refractivity contribution in [3.8, 4) is 5.88 Å². The van der Waals surface area contributed by atoms with Gasteiger partial charge >= 0.3 is 5.97 Å². The molecule has 2 aromatic rings. The van der Waals surface area contributed by atoms with E-state index < -0.39 is 5.97 Å². The Hall–Kier alpha value is -2.31. The van der Waals surface area contributed by atoms with Gasteiger partial charge in [-0.1, -0.05) is 0 Å². The van der Waals surface area contributed by atoms with Gasteiger partial charge in [0.15, 0.2) is 0 Å². The van der Waals surface area contributed by atoms with Crippen LogP contribution >= 0.6 is 0 Å². The van der Waals surface area contributed by atoms with E-state index in [1.54, 1.807) is 0 Å². The van der Waals surface area contributed by atoms with Crippen LogP contribution in [-0.2, 0) is 4.74 Å². The normalized spacial score (nSPS) is 10.5. The molecule has 2 heterocycles. The zero-order valence-electron chi connectivity index (χ0n) is 7.84. The zero-order chi connectivity index (χ0) is 11.0. The Balaban J connectivity index is 2.74. The van der Waals surface area contributed by atoms with Gasteiger partial charge in [0.2, 0.25) is 11.8 Å². The number of esters is 1. The predicted octanol–water partition coefficient (Wildman–Crippen LogP) is -0.196. The quantitative estimate of drug-likeness (QED) is 0.629. The molecule has 3 N–H and O–H groups in total. The minimum absolute atomic E-state index is 0.000142. The van der Waals surface area contributed by atoms with Gasteiger partial charge in [0.25, 0.3) is 0 Å². The third-order valence-electron chi connectivity index (χ3n) is 1.92. The first-order valence-corrected chi connectivity index (χ1v) is 4.05. The highest BCUT2D eigenvalue weighted by molar-refractivity contribution is 5.97. The number of aromatic hydroxyl groups is 1. The molecule has 0 unspecified atom stereocenters. The van der Waals surface area contributed by atoms with Crippen LogP contribution in [0.1, 0.15) is 10.4 Å². The third-order valence-corrected chi connectivity index (χ3v) is 1.92. The third kappa shape index (κ3) is 1.33. The van der Waals surface area contributed by atoms with Gasteiger partial charge in [-0.15, -0.1) is 0 Å². The number of nitrogen functional groups attached to an aromatic ring is 1. The fraction of sp³-hybridized carbons (Fsp3) is 0.125. The van der Waals surface area contributed by atoms with Crippen LogP contribution in [0, 0.1) is 0 Å².